The van der Waals surface area contributed by atoms with E-state index in [0.717, 1.165) is 11.3 Å². The molecule has 8 nitrogen and oxygen atoms in total. The van der Waals surface area contributed by atoms with Crippen LogP contribution in [0.25, 0.3) is 0 Å². The lowest BCUT2D eigenvalue weighted by atomic mass is 9.90. The topological polar surface area (TPSA) is 96.7 Å². The number of hydrogen-bond donors (Lipinski definition) is 2. The SMILES string of the molecule is COc1ccc(Cn2cc(NC(=O)N3CCC(C)(C(=O)O)C3)cn2)cc1. The number of aliphatic carboxylic acids is 1. The zero-order valence-corrected chi connectivity index (χ0v) is 14.8. The molecule has 0 aliphatic carbocycles. The van der Waals surface area contributed by atoms with Gasteiger partial charge in [-0.3, -0.25) is 9.48 Å². The van der Waals surface area contributed by atoms with Gasteiger partial charge < -0.3 is 20.1 Å². The molecule has 1 aromatic heterocycles. The van der Waals surface area contributed by atoms with Crippen molar-refractivity contribution in [2.24, 2.45) is 5.41 Å². The zero-order valence-electron chi connectivity index (χ0n) is 14.8. The largest absolute Gasteiger partial charge is 0.497 e. The van der Waals surface area contributed by atoms with E-state index >= 15 is 0 Å². The summed E-state index contributed by atoms with van der Waals surface area (Å²) in [6.45, 7) is 2.86. The molecule has 2 heterocycles. The summed E-state index contributed by atoms with van der Waals surface area (Å²) in [6.07, 6.45) is 3.77. The van der Waals surface area contributed by atoms with Gasteiger partial charge in [0.2, 0.25) is 0 Å². The number of carboxylic acid groups (broad SMARTS) is 1. The van der Waals surface area contributed by atoms with Crippen LogP contribution in [-0.2, 0) is 11.3 Å². The molecule has 1 unspecified atom stereocenters. The number of methoxy groups -OCH3 is 1. The van der Waals surface area contributed by atoms with Crippen LogP contribution in [-0.4, -0.2) is 52.0 Å². The highest BCUT2D eigenvalue weighted by Crippen LogP contribution is 2.30. The molecular weight excluding hydrogens is 336 g/mol. The molecule has 3 rings (SSSR count). The number of nitrogens with one attached hydrogen (secondary N) is 1. The fourth-order valence-electron chi connectivity index (χ4n) is 2.94. The van der Waals surface area contributed by atoms with Crippen molar-refractivity contribution < 1.29 is 19.4 Å². The quantitative estimate of drug-likeness (QED) is 0.855. The van der Waals surface area contributed by atoms with Crippen molar-refractivity contribution in [1.82, 2.24) is 14.7 Å². The maximum Gasteiger partial charge on any atom is 0.321 e. The highest BCUT2D eigenvalue weighted by molar-refractivity contribution is 5.90. The van der Waals surface area contributed by atoms with Gasteiger partial charge in [-0.05, 0) is 31.0 Å². The minimum atomic E-state index is -0.879. The smallest absolute Gasteiger partial charge is 0.321 e. The summed E-state index contributed by atoms with van der Waals surface area (Å²) < 4.78 is 6.86. The number of carbonyl (C=O) groups excluding carboxylic acids is 1. The number of amides is 2. The lowest BCUT2D eigenvalue weighted by Gasteiger charge is -2.20. The summed E-state index contributed by atoms with van der Waals surface area (Å²) in [5, 5.41) is 16.3. The predicted molar refractivity (Wildman–Crippen MR) is 95.3 cm³/mol. The second kappa shape index (κ2) is 7.07. The molecule has 1 aliphatic rings. The molecule has 0 bridgehead atoms. The Morgan fingerprint density at radius 1 is 1.35 bits per heavy atom. The Bertz CT molecular complexity index is 802. The van der Waals surface area contributed by atoms with Gasteiger partial charge in [0.1, 0.15) is 5.75 Å². The highest BCUT2D eigenvalue weighted by Gasteiger charge is 2.42. The monoisotopic (exact) mass is 358 g/mol. The van der Waals surface area contributed by atoms with Gasteiger partial charge in [-0.15, -0.1) is 0 Å². The van der Waals surface area contributed by atoms with Gasteiger partial charge in [-0.2, -0.15) is 5.10 Å². The Morgan fingerprint density at radius 2 is 2.08 bits per heavy atom. The predicted octanol–water partition coefficient (Wildman–Crippen LogP) is 2.27. The molecule has 2 amide bonds. The number of ether oxygens (including phenoxy) is 1. The average Bonchev–Trinajstić information content (AvgIpc) is 3.23. The van der Waals surface area contributed by atoms with Crippen molar-refractivity contribution in [3.05, 3.63) is 42.2 Å². The summed E-state index contributed by atoms with van der Waals surface area (Å²) in [5.74, 6) is -0.0822. The van der Waals surface area contributed by atoms with Crippen LogP contribution >= 0.6 is 0 Å². The van der Waals surface area contributed by atoms with Crippen molar-refractivity contribution in [2.45, 2.75) is 19.9 Å². The van der Waals surface area contributed by atoms with Crippen LogP contribution in [0, 0.1) is 5.41 Å². The molecule has 1 aromatic carbocycles. The van der Waals surface area contributed by atoms with Crippen LogP contribution in [0.5, 0.6) is 5.75 Å². The van der Waals surface area contributed by atoms with Crippen LogP contribution in [0.15, 0.2) is 36.7 Å². The molecule has 0 saturated carbocycles. The van der Waals surface area contributed by atoms with E-state index in [9.17, 15) is 14.7 Å². The third-order valence-electron chi connectivity index (χ3n) is 4.67. The number of aromatic nitrogens is 2. The first-order chi connectivity index (χ1) is 12.4. The van der Waals surface area contributed by atoms with E-state index in [-0.39, 0.29) is 12.6 Å². The van der Waals surface area contributed by atoms with E-state index in [1.807, 2.05) is 24.3 Å². The van der Waals surface area contributed by atoms with Crippen LogP contribution in [0.4, 0.5) is 10.5 Å². The molecule has 0 spiro atoms. The van der Waals surface area contributed by atoms with Crippen molar-refractivity contribution >= 4 is 17.7 Å². The number of carbonyl (C=O) groups is 2. The molecule has 1 atom stereocenters. The Balaban J connectivity index is 1.58. The molecule has 0 radical (unpaired) electrons. The van der Waals surface area contributed by atoms with E-state index in [2.05, 4.69) is 10.4 Å². The van der Waals surface area contributed by atoms with E-state index in [0.29, 0.717) is 25.2 Å². The first-order valence-corrected chi connectivity index (χ1v) is 8.34. The number of nitrogens with zero attached hydrogens (tertiary/aromatic N) is 3. The molecule has 26 heavy (non-hydrogen) atoms. The van der Waals surface area contributed by atoms with Crippen LogP contribution in [0.2, 0.25) is 0 Å². The van der Waals surface area contributed by atoms with Crippen LogP contribution < -0.4 is 10.1 Å². The van der Waals surface area contributed by atoms with E-state index < -0.39 is 11.4 Å². The lowest BCUT2D eigenvalue weighted by molar-refractivity contribution is -0.146. The third-order valence-corrected chi connectivity index (χ3v) is 4.67. The zero-order chi connectivity index (χ0) is 18.7. The fraction of sp³-hybridized carbons (Fsp3) is 0.389. The number of anilines is 1. The molecule has 138 valence electrons. The molecule has 2 aromatic rings. The normalized spacial score (nSPS) is 19.4. The van der Waals surface area contributed by atoms with Gasteiger partial charge in [-0.1, -0.05) is 12.1 Å². The fourth-order valence-corrected chi connectivity index (χ4v) is 2.94. The van der Waals surface area contributed by atoms with Gasteiger partial charge in [0.05, 0.1) is 31.0 Å². The molecule has 2 N–H and O–H groups in total. The van der Waals surface area contributed by atoms with Gasteiger partial charge >= 0.3 is 12.0 Å². The molecule has 8 heteroatoms. The first-order valence-electron chi connectivity index (χ1n) is 8.34. The summed E-state index contributed by atoms with van der Waals surface area (Å²) in [4.78, 5) is 25.1. The third kappa shape index (κ3) is 3.79. The van der Waals surface area contributed by atoms with Crippen molar-refractivity contribution in [1.29, 1.82) is 0 Å². The molecule has 1 saturated heterocycles. The van der Waals surface area contributed by atoms with Crippen LogP contribution in [0.3, 0.4) is 0 Å². The summed E-state index contributed by atoms with van der Waals surface area (Å²) in [6, 6.07) is 7.37. The number of likely N-dealkylation sites (tertiary alicyclic amines) is 1. The lowest BCUT2D eigenvalue weighted by Crippen LogP contribution is -2.37. The van der Waals surface area contributed by atoms with Crippen molar-refractivity contribution in [3.63, 3.8) is 0 Å². The maximum atomic E-state index is 12.3. The second-order valence-electron chi connectivity index (χ2n) is 6.74. The second-order valence-corrected chi connectivity index (χ2v) is 6.74. The van der Waals surface area contributed by atoms with Gasteiger partial charge in [0.15, 0.2) is 0 Å². The Kier molecular flexibility index (Phi) is 4.83. The summed E-state index contributed by atoms with van der Waals surface area (Å²) in [7, 11) is 1.62. The van der Waals surface area contributed by atoms with Crippen molar-refractivity contribution in [3.8, 4) is 5.75 Å². The molecular formula is C18H22N4O4. The summed E-state index contributed by atoms with van der Waals surface area (Å²) in [5.41, 5.74) is 0.756. The van der Waals surface area contributed by atoms with E-state index in [1.165, 1.54) is 4.90 Å². The first kappa shape index (κ1) is 17.8. The number of benzene rings is 1. The Labute approximate surface area is 151 Å². The minimum Gasteiger partial charge on any atom is -0.497 e. The van der Waals surface area contributed by atoms with Gasteiger partial charge in [-0.25, -0.2) is 4.79 Å². The number of hydrogen-bond acceptors (Lipinski definition) is 4. The maximum absolute atomic E-state index is 12.3. The summed E-state index contributed by atoms with van der Waals surface area (Å²) >= 11 is 0. The molecule has 1 fully saturated rings. The number of rotatable bonds is 5. The van der Waals surface area contributed by atoms with E-state index in [1.54, 1.807) is 31.1 Å². The highest BCUT2D eigenvalue weighted by atomic mass is 16.5. The average molecular weight is 358 g/mol. The van der Waals surface area contributed by atoms with Crippen molar-refractivity contribution in [2.75, 3.05) is 25.5 Å². The minimum absolute atomic E-state index is 0.203. The standard InChI is InChI=1S/C18H22N4O4/c1-18(16(23)24)7-8-21(12-18)17(25)20-14-9-19-22(11-14)10-13-3-5-15(26-2)6-4-13/h3-6,9,11H,7-8,10,12H2,1-2H3,(H,20,25)(H,23,24). The van der Waals surface area contributed by atoms with Gasteiger partial charge in [0.25, 0.3) is 0 Å². The number of urea groups is 1. The Morgan fingerprint density at radius 3 is 2.69 bits per heavy atom. The van der Waals surface area contributed by atoms with Gasteiger partial charge in [0, 0.05) is 19.3 Å². The Hall–Kier alpha value is -3.03. The van der Waals surface area contributed by atoms with Crippen LogP contribution in [0.1, 0.15) is 18.9 Å². The molecule has 1 aliphatic heterocycles. The van der Waals surface area contributed by atoms with E-state index in [4.69, 9.17) is 4.74 Å². The number of carboxylic acids is 1.